The predicted octanol–water partition coefficient (Wildman–Crippen LogP) is 8.14. The van der Waals surface area contributed by atoms with Crippen molar-refractivity contribution in [1.29, 1.82) is 0 Å². The third-order valence-corrected chi connectivity index (χ3v) is 8.33. The van der Waals surface area contributed by atoms with E-state index in [1.807, 2.05) is 52.1 Å². The minimum atomic E-state index is -5.12. The molecule has 13 heteroatoms. The van der Waals surface area contributed by atoms with Gasteiger partial charge in [0.2, 0.25) is 11.7 Å². The summed E-state index contributed by atoms with van der Waals surface area (Å²) in [6.07, 6.45) is -1.93. The van der Waals surface area contributed by atoms with Crippen LogP contribution in [0, 0.1) is 18.3 Å². The third kappa shape index (κ3) is 7.94. The molecule has 48 heavy (non-hydrogen) atoms. The van der Waals surface area contributed by atoms with Crippen LogP contribution in [0.1, 0.15) is 85.5 Å². The quantitative estimate of drug-likeness (QED) is 0.202. The lowest BCUT2D eigenvalue weighted by atomic mass is 9.87. The van der Waals surface area contributed by atoms with E-state index in [2.05, 4.69) is 47.3 Å². The number of nitrogens with zero attached hydrogens (tertiary/aromatic N) is 6. The predicted molar refractivity (Wildman–Crippen MR) is 185 cm³/mol. The number of alkyl halides is 3. The van der Waals surface area contributed by atoms with Crippen molar-refractivity contribution in [3.8, 4) is 11.4 Å². The highest BCUT2D eigenvalue weighted by atomic mass is 19.4. The van der Waals surface area contributed by atoms with Gasteiger partial charge in [-0.1, -0.05) is 47.5 Å². The number of carbonyl (C=O) groups excluding carboxylic acids is 2. The first-order valence-electron chi connectivity index (χ1n) is 16.5. The fourth-order valence-electron chi connectivity index (χ4n) is 5.55. The van der Waals surface area contributed by atoms with Crippen molar-refractivity contribution >= 4 is 46.0 Å². The highest BCUT2D eigenvalue weighted by molar-refractivity contribution is 6.50. The summed E-state index contributed by atoms with van der Waals surface area (Å²) >= 11 is 0. The van der Waals surface area contributed by atoms with Crippen LogP contribution >= 0.6 is 0 Å². The Bertz CT molecular complexity index is 1720. The number of aliphatic imine (C=N–C) groups is 1. The van der Waals surface area contributed by atoms with Gasteiger partial charge < -0.3 is 15.5 Å². The van der Waals surface area contributed by atoms with Gasteiger partial charge in [-0.2, -0.15) is 22.9 Å². The summed E-state index contributed by atoms with van der Waals surface area (Å²) in [5.74, 6) is -2.18. The maximum atomic E-state index is 13.3. The molecule has 3 aromatic rings. The van der Waals surface area contributed by atoms with Gasteiger partial charge >= 0.3 is 12.1 Å². The van der Waals surface area contributed by atoms with E-state index < -0.39 is 17.5 Å². The average Bonchev–Trinajstić information content (AvgIpc) is 3.60. The summed E-state index contributed by atoms with van der Waals surface area (Å²) in [5, 5.41) is 18.4. The molecular weight excluding hydrogens is 621 g/mol. The summed E-state index contributed by atoms with van der Waals surface area (Å²) in [5.41, 5.74) is 3.61. The molecule has 0 fully saturated rings. The number of aryl methyl sites for hydroxylation is 1. The second kappa shape index (κ2) is 14.7. The molecule has 10 nitrogen and oxygen atoms in total. The molecule has 258 valence electrons. The summed E-state index contributed by atoms with van der Waals surface area (Å²) in [4.78, 5) is 32.4. The molecular formula is C35H45F3N8O2. The molecule has 2 amide bonds. The summed E-state index contributed by atoms with van der Waals surface area (Å²) < 4.78 is 41.5. The number of amides is 2. The number of halogens is 3. The smallest absolute Gasteiger partial charge is 0.372 e. The normalized spacial score (nSPS) is 14.5. The molecule has 0 aliphatic carbocycles. The van der Waals surface area contributed by atoms with E-state index in [1.165, 1.54) is 22.9 Å². The molecule has 1 unspecified atom stereocenters. The highest BCUT2D eigenvalue weighted by Gasteiger charge is 2.40. The standard InChI is InChI=1S/C35H45F3N8O2/c1-9-13-14-22(10-2)32(47)39-23-15-17-27(41-33(48)35(36,37)38)25(20-23)30-42-43-31-28(29(34(6,7)8)44-46(30)31)40-26-18-16-24(19-21(26)5)45(11-3)12-4/h15-20,22H,9-14H2,1-8H3,(H,39,47)(H,41,48)/b40-28-. The number of hydrogen-bond donors (Lipinski definition) is 2. The molecule has 4 rings (SSSR count). The Morgan fingerprint density at radius 3 is 2.23 bits per heavy atom. The van der Waals surface area contributed by atoms with Crippen molar-refractivity contribution in [3.05, 3.63) is 47.8 Å². The molecule has 0 spiro atoms. The van der Waals surface area contributed by atoms with Crippen LogP contribution in [-0.4, -0.2) is 57.4 Å². The van der Waals surface area contributed by atoms with Crippen LogP contribution in [0.5, 0.6) is 0 Å². The van der Waals surface area contributed by atoms with Crippen molar-refractivity contribution in [2.45, 2.75) is 87.2 Å². The lowest BCUT2D eigenvalue weighted by Crippen LogP contribution is -2.30. The number of aromatic nitrogens is 3. The lowest BCUT2D eigenvalue weighted by molar-refractivity contribution is -0.167. The highest BCUT2D eigenvalue weighted by Crippen LogP contribution is 2.36. The second-order valence-corrected chi connectivity index (χ2v) is 12.9. The number of nitrogens with one attached hydrogen (secondary N) is 2. The van der Waals surface area contributed by atoms with Crippen LogP contribution in [0.2, 0.25) is 0 Å². The van der Waals surface area contributed by atoms with E-state index in [0.717, 1.165) is 37.2 Å². The minimum absolute atomic E-state index is 0.0807. The molecule has 1 aromatic heterocycles. The Morgan fingerprint density at radius 2 is 1.65 bits per heavy atom. The Morgan fingerprint density at radius 1 is 0.958 bits per heavy atom. The lowest BCUT2D eigenvalue weighted by Gasteiger charge is -2.22. The SMILES string of the molecule is CCCCC(CC)C(=O)Nc1ccc(NC(=O)C(F)(F)F)c(-c2nnc3n2N=C(C(C)(C)C)/C3=N/c2ccc(N(CC)CC)cc2C)c1. The van der Waals surface area contributed by atoms with Crippen molar-refractivity contribution in [1.82, 2.24) is 14.9 Å². The first-order valence-corrected chi connectivity index (χ1v) is 16.5. The number of rotatable bonds is 12. The fraction of sp³-hybridized carbons (Fsp3) is 0.486. The molecule has 1 aliphatic rings. The first kappa shape index (κ1) is 36.3. The van der Waals surface area contributed by atoms with Gasteiger partial charge in [-0.25, -0.2) is 4.99 Å². The Labute approximate surface area is 279 Å². The van der Waals surface area contributed by atoms with E-state index in [4.69, 9.17) is 10.1 Å². The number of unbranched alkanes of at least 4 members (excludes halogenated alkanes) is 1. The topological polar surface area (TPSA) is 117 Å². The molecule has 0 radical (unpaired) electrons. The Kier molecular flexibility index (Phi) is 11.1. The molecule has 2 N–H and O–H groups in total. The second-order valence-electron chi connectivity index (χ2n) is 12.9. The van der Waals surface area contributed by atoms with E-state index in [1.54, 1.807) is 0 Å². The summed E-state index contributed by atoms with van der Waals surface area (Å²) in [6, 6.07) is 10.3. The van der Waals surface area contributed by atoms with Crippen LogP contribution in [-0.2, 0) is 9.59 Å². The molecule has 2 heterocycles. The number of benzene rings is 2. The molecule has 0 saturated carbocycles. The first-order chi connectivity index (χ1) is 22.6. The van der Waals surface area contributed by atoms with Gasteiger partial charge in [0.25, 0.3) is 0 Å². The molecule has 2 aromatic carbocycles. The van der Waals surface area contributed by atoms with Crippen LogP contribution in [0.15, 0.2) is 46.5 Å². The van der Waals surface area contributed by atoms with Gasteiger partial charge in [0.05, 0.1) is 17.1 Å². The van der Waals surface area contributed by atoms with E-state index in [0.29, 0.717) is 41.5 Å². The largest absolute Gasteiger partial charge is 0.471 e. The minimum Gasteiger partial charge on any atom is -0.372 e. The van der Waals surface area contributed by atoms with Gasteiger partial charge in [0, 0.05) is 41.4 Å². The number of anilines is 3. The van der Waals surface area contributed by atoms with Crippen molar-refractivity contribution in [2.75, 3.05) is 28.6 Å². The third-order valence-electron chi connectivity index (χ3n) is 8.33. The zero-order chi connectivity index (χ0) is 35.4. The van der Waals surface area contributed by atoms with Crippen LogP contribution in [0.25, 0.3) is 11.4 Å². The zero-order valence-corrected chi connectivity index (χ0v) is 28.9. The maximum Gasteiger partial charge on any atom is 0.471 e. The van der Waals surface area contributed by atoms with Crippen LogP contribution in [0.3, 0.4) is 0 Å². The van der Waals surface area contributed by atoms with Gasteiger partial charge in [-0.3, -0.25) is 9.59 Å². The summed E-state index contributed by atoms with van der Waals surface area (Å²) in [7, 11) is 0. The van der Waals surface area contributed by atoms with Gasteiger partial charge in [0.15, 0.2) is 5.82 Å². The van der Waals surface area contributed by atoms with Crippen LogP contribution in [0.4, 0.5) is 35.9 Å². The molecule has 0 bridgehead atoms. The van der Waals surface area contributed by atoms with Gasteiger partial charge in [0.1, 0.15) is 5.71 Å². The van der Waals surface area contributed by atoms with E-state index in [-0.39, 0.29) is 28.9 Å². The fourth-order valence-corrected chi connectivity index (χ4v) is 5.55. The number of fused-ring (bicyclic) bond motifs is 1. The van der Waals surface area contributed by atoms with Gasteiger partial charge in [-0.15, -0.1) is 10.2 Å². The molecule has 1 atom stereocenters. The van der Waals surface area contributed by atoms with E-state index in [9.17, 15) is 22.8 Å². The van der Waals surface area contributed by atoms with Crippen molar-refractivity contribution in [3.63, 3.8) is 0 Å². The zero-order valence-electron chi connectivity index (χ0n) is 28.9. The Balaban J connectivity index is 1.83. The maximum absolute atomic E-state index is 13.3. The Hall–Kier alpha value is -4.55. The van der Waals surface area contributed by atoms with Crippen LogP contribution < -0.4 is 15.5 Å². The summed E-state index contributed by atoms with van der Waals surface area (Å²) in [6.45, 7) is 17.8. The molecule has 1 aliphatic heterocycles. The number of hydrogen-bond acceptors (Lipinski definition) is 7. The van der Waals surface area contributed by atoms with Crippen molar-refractivity contribution < 1.29 is 22.8 Å². The average molecular weight is 667 g/mol. The van der Waals surface area contributed by atoms with Gasteiger partial charge in [-0.05, 0) is 75.6 Å². The monoisotopic (exact) mass is 666 g/mol. The molecule has 0 saturated heterocycles. The number of carbonyl (C=O) groups is 2. The van der Waals surface area contributed by atoms with Crippen molar-refractivity contribution in [2.24, 2.45) is 21.4 Å². The van der Waals surface area contributed by atoms with E-state index >= 15 is 0 Å².